The molecule has 2 heterocycles. The molecule has 110 valence electrons. The number of anilines is 1. The Bertz CT molecular complexity index is 669. The van der Waals surface area contributed by atoms with Gasteiger partial charge in [0.05, 0.1) is 12.5 Å². The first-order valence-electron chi connectivity index (χ1n) is 7.59. The zero-order chi connectivity index (χ0) is 14.2. The van der Waals surface area contributed by atoms with Crippen molar-refractivity contribution in [2.24, 2.45) is 5.92 Å². The molecule has 2 aromatic rings. The van der Waals surface area contributed by atoms with Gasteiger partial charge in [-0.1, -0.05) is 0 Å². The Hall–Kier alpha value is -1.88. The minimum absolute atomic E-state index is 0.0241. The Morgan fingerprint density at radius 2 is 2.19 bits per heavy atom. The molecule has 1 saturated heterocycles. The van der Waals surface area contributed by atoms with Crippen molar-refractivity contribution < 1.29 is 13.9 Å². The average Bonchev–Trinajstić information content (AvgIpc) is 3.28. The van der Waals surface area contributed by atoms with Crippen LogP contribution in [0.25, 0.3) is 11.1 Å². The number of oxazole rings is 1. The second-order valence-corrected chi connectivity index (χ2v) is 5.91. The van der Waals surface area contributed by atoms with Gasteiger partial charge in [-0.05, 0) is 37.8 Å². The number of carbonyl (C=O) groups excluding carboxylic acids is 1. The summed E-state index contributed by atoms with van der Waals surface area (Å²) in [6, 6.07) is 5.64. The van der Waals surface area contributed by atoms with Gasteiger partial charge in [0.25, 0.3) is 0 Å². The molecule has 21 heavy (non-hydrogen) atoms. The van der Waals surface area contributed by atoms with Gasteiger partial charge in [-0.15, -0.1) is 0 Å². The lowest BCUT2D eigenvalue weighted by molar-refractivity contribution is -0.123. The summed E-state index contributed by atoms with van der Waals surface area (Å²) in [5, 5.41) is 2.95. The van der Waals surface area contributed by atoms with Crippen LogP contribution in [-0.4, -0.2) is 24.1 Å². The van der Waals surface area contributed by atoms with E-state index in [2.05, 4.69) is 10.3 Å². The summed E-state index contributed by atoms with van der Waals surface area (Å²) in [4.78, 5) is 16.7. The molecule has 0 bridgehead atoms. The molecule has 1 amide bonds. The summed E-state index contributed by atoms with van der Waals surface area (Å²) in [7, 11) is 0. The third-order valence-corrected chi connectivity index (χ3v) is 4.13. The summed E-state index contributed by atoms with van der Waals surface area (Å²) < 4.78 is 11.1. The fraction of sp³-hybridized carbons (Fsp3) is 0.500. The van der Waals surface area contributed by atoms with Crippen molar-refractivity contribution >= 4 is 22.7 Å². The number of fused-ring (bicyclic) bond motifs is 1. The van der Waals surface area contributed by atoms with Crippen LogP contribution in [0.3, 0.4) is 0 Å². The molecule has 5 heteroatoms. The first kappa shape index (κ1) is 12.8. The highest BCUT2D eigenvalue weighted by molar-refractivity contribution is 5.94. The highest BCUT2D eigenvalue weighted by atomic mass is 16.5. The first-order valence-corrected chi connectivity index (χ1v) is 7.59. The Balaban J connectivity index is 1.51. The van der Waals surface area contributed by atoms with E-state index >= 15 is 0 Å². The molecule has 2 aliphatic rings. The summed E-state index contributed by atoms with van der Waals surface area (Å²) in [5.41, 5.74) is 2.36. The van der Waals surface area contributed by atoms with Gasteiger partial charge in [0.1, 0.15) is 5.52 Å². The first-order chi connectivity index (χ1) is 10.3. The van der Waals surface area contributed by atoms with Crippen molar-refractivity contribution in [3.63, 3.8) is 0 Å². The number of ether oxygens (including phenoxy) is 1. The van der Waals surface area contributed by atoms with Crippen molar-refractivity contribution in [3.05, 3.63) is 24.1 Å². The maximum atomic E-state index is 12.2. The van der Waals surface area contributed by atoms with Crippen molar-refractivity contribution in [2.75, 3.05) is 18.5 Å². The number of nitrogens with one attached hydrogen (secondary N) is 1. The Morgan fingerprint density at radius 3 is 2.95 bits per heavy atom. The highest BCUT2D eigenvalue weighted by Gasteiger charge is 2.29. The molecule has 1 saturated carbocycles. The van der Waals surface area contributed by atoms with Gasteiger partial charge in [0, 0.05) is 24.3 Å². The van der Waals surface area contributed by atoms with Crippen molar-refractivity contribution in [3.8, 4) is 0 Å². The quantitative estimate of drug-likeness (QED) is 0.941. The molecule has 0 radical (unpaired) electrons. The van der Waals surface area contributed by atoms with Gasteiger partial charge in [-0.25, -0.2) is 4.98 Å². The largest absolute Gasteiger partial charge is 0.440 e. The monoisotopic (exact) mass is 286 g/mol. The van der Waals surface area contributed by atoms with E-state index in [4.69, 9.17) is 9.15 Å². The summed E-state index contributed by atoms with van der Waals surface area (Å²) in [5.74, 6) is 1.30. The normalized spacial score (nSPS) is 22.4. The van der Waals surface area contributed by atoms with E-state index in [0.717, 1.165) is 55.0 Å². The minimum atomic E-state index is -0.0498. The molecule has 0 spiro atoms. The molecule has 1 aromatic heterocycles. The van der Waals surface area contributed by atoms with E-state index in [0.29, 0.717) is 12.5 Å². The number of nitrogens with zero attached hydrogens (tertiary/aromatic N) is 1. The summed E-state index contributed by atoms with van der Waals surface area (Å²) >= 11 is 0. The van der Waals surface area contributed by atoms with Gasteiger partial charge in [0.15, 0.2) is 11.5 Å². The number of hydrogen-bond donors (Lipinski definition) is 1. The van der Waals surface area contributed by atoms with E-state index < -0.39 is 0 Å². The second-order valence-electron chi connectivity index (χ2n) is 5.91. The van der Waals surface area contributed by atoms with Crippen LogP contribution in [0.4, 0.5) is 5.69 Å². The van der Waals surface area contributed by atoms with Crippen LogP contribution in [0.5, 0.6) is 0 Å². The van der Waals surface area contributed by atoms with Crippen LogP contribution in [0, 0.1) is 5.92 Å². The Morgan fingerprint density at radius 1 is 1.29 bits per heavy atom. The molecule has 2 fully saturated rings. The number of hydrogen-bond acceptors (Lipinski definition) is 4. The van der Waals surface area contributed by atoms with Crippen LogP contribution in [0.2, 0.25) is 0 Å². The lowest BCUT2D eigenvalue weighted by atomic mass is 10.0. The lowest BCUT2D eigenvalue weighted by Crippen LogP contribution is -2.30. The molecule has 5 nitrogen and oxygen atoms in total. The molecular weight excluding hydrogens is 268 g/mol. The predicted octanol–water partition coefficient (Wildman–Crippen LogP) is 3.07. The predicted molar refractivity (Wildman–Crippen MR) is 78.2 cm³/mol. The zero-order valence-electron chi connectivity index (χ0n) is 11.8. The van der Waals surface area contributed by atoms with Crippen LogP contribution in [-0.2, 0) is 9.53 Å². The number of amides is 1. The summed E-state index contributed by atoms with van der Waals surface area (Å²) in [6.07, 6.45) is 4.17. The van der Waals surface area contributed by atoms with Gasteiger partial charge < -0.3 is 14.5 Å². The molecular formula is C16H18N2O3. The van der Waals surface area contributed by atoms with Crippen molar-refractivity contribution in [2.45, 2.75) is 31.6 Å². The lowest BCUT2D eigenvalue weighted by Gasteiger charge is -2.21. The van der Waals surface area contributed by atoms with Gasteiger partial charge >= 0.3 is 0 Å². The van der Waals surface area contributed by atoms with E-state index in [9.17, 15) is 4.79 Å². The van der Waals surface area contributed by atoms with Crippen LogP contribution >= 0.6 is 0 Å². The molecule has 0 unspecified atom stereocenters. The SMILES string of the molecule is O=C(Nc1ccc2nc(C3CC3)oc2c1)[C@@H]1CCCOC1. The third kappa shape index (κ3) is 2.65. The van der Waals surface area contributed by atoms with Gasteiger partial charge in [-0.3, -0.25) is 4.79 Å². The third-order valence-electron chi connectivity index (χ3n) is 4.13. The molecule has 4 rings (SSSR count). The average molecular weight is 286 g/mol. The number of benzene rings is 1. The maximum Gasteiger partial charge on any atom is 0.229 e. The van der Waals surface area contributed by atoms with Crippen molar-refractivity contribution in [1.82, 2.24) is 4.98 Å². The maximum absolute atomic E-state index is 12.2. The minimum Gasteiger partial charge on any atom is -0.440 e. The molecule has 1 atom stereocenters. The number of rotatable bonds is 3. The van der Waals surface area contributed by atoms with Crippen LogP contribution in [0.1, 0.15) is 37.5 Å². The number of aromatic nitrogens is 1. The Kier molecular flexibility index (Phi) is 3.15. The fourth-order valence-electron chi connectivity index (χ4n) is 2.72. The summed E-state index contributed by atoms with van der Waals surface area (Å²) in [6.45, 7) is 1.28. The molecule has 1 N–H and O–H groups in total. The van der Waals surface area contributed by atoms with Crippen LogP contribution < -0.4 is 5.32 Å². The molecule has 1 aliphatic heterocycles. The van der Waals surface area contributed by atoms with E-state index in [1.54, 1.807) is 0 Å². The fourth-order valence-corrected chi connectivity index (χ4v) is 2.72. The smallest absolute Gasteiger partial charge is 0.229 e. The Labute approximate surface area is 122 Å². The zero-order valence-corrected chi connectivity index (χ0v) is 11.8. The highest BCUT2D eigenvalue weighted by Crippen LogP contribution is 2.40. The second kappa shape index (κ2) is 5.15. The van der Waals surface area contributed by atoms with Crippen LogP contribution in [0.15, 0.2) is 22.6 Å². The van der Waals surface area contributed by atoms with E-state index in [1.165, 1.54) is 0 Å². The number of carbonyl (C=O) groups is 1. The van der Waals surface area contributed by atoms with E-state index in [-0.39, 0.29) is 11.8 Å². The molecule has 1 aliphatic carbocycles. The molecule has 1 aromatic carbocycles. The van der Waals surface area contributed by atoms with Gasteiger partial charge in [0.2, 0.25) is 5.91 Å². The standard InChI is InChI=1S/C16H18N2O3/c19-15(11-2-1-7-20-9-11)17-12-5-6-13-14(8-12)21-16(18-13)10-3-4-10/h5-6,8,10-11H,1-4,7,9H2,(H,17,19)/t11-/m1/s1. The van der Waals surface area contributed by atoms with Gasteiger partial charge in [-0.2, -0.15) is 0 Å². The van der Waals surface area contributed by atoms with Crippen molar-refractivity contribution in [1.29, 1.82) is 0 Å². The topological polar surface area (TPSA) is 64.4 Å². The van der Waals surface area contributed by atoms with E-state index in [1.807, 2.05) is 18.2 Å².